The highest BCUT2D eigenvalue weighted by molar-refractivity contribution is 5.99. The number of likely N-dealkylation sites (N-methyl/N-ethyl adjacent to an activating group) is 2. The Morgan fingerprint density at radius 3 is 2.71 bits per heavy atom. The van der Waals surface area contributed by atoms with E-state index in [9.17, 15) is 13.6 Å². The van der Waals surface area contributed by atoms with Crippen LogP contribution in [0, 0.1) is 11.6 Å². The van der Waals surface area contributed by atoms with Gasteiger partial charge >= 0.3 is 0 Å². The number of carbonyl (C=O) groups is 1. The molecule has 5 nitrogen and oxygen atoms in total. The number of hydrogen-bond donors (Lipinski definition) is 2. The molecule has 1 saturated heterocycles. The molecule has 0 aliphatic carbocycles. The van der Waals surface area contributed by atoms with Crippen LogP contribution in [0.1, 0.15) is 10.4 Å². The molecule has 0 saturated carbocycles. The third-order valence-electron chi connectivity index (χ3n) is 3.82. The van der Waals surface area contributed by atoms with E-state index >= 15 is 0 Å². The smallest absolute Gasteiger partial charge is 0.253 e. The van der Waals surface area contributed by atoms with Gasteiger partial charge in [-0.1, -0.05) is 0 Å². The molecule has 0 spiro atoms. The van der Waals surface area contributed by atoms with Crippen molar-refractivity contribution < 1.29 is 13.6 Å². The lowest BCUT2D eigenvalue weighted by Crippen LogP contribution is -2.54. The first-order valence-electron chi connectivity index (χ1n) is 6.80. The second-order valence-corrected chi connectivity index (χ2v) is 5.46. The summed E-state index contributed by atoms with van der Waals surface area (Å²) < 4.78 is 26.2. The van der Waals surface area contributed by atoms with Crippen molar-refractivity contribution >= 4 is 11.6 Å². The standard InChI is InChI=1S/C14H20F2N4O/c1-19-3-4-20(2)9(8-19)7-18-14(21)10-5-11(15)12(16)6-13(10)17/h5-6,9H,3-4,7-8,17H2,1-2H3,(H,18,21). The first kappa shape index (κ1) is 15.7. The summed E-state index contributed by atoms with van der Waals surface area (Å²) in [5, 5.41) is 2.73. The Hall–Kier alpha value is -1.73. The molecule has 2 rings (SSSR count). The van der Waals surface area contributed by atoms with Crippen LogP contribution in [-0.2, 0) is 0 Å². The zero-order valence-electron chi connectivity index (χ0n) is 12.2. The maximum absolute atomic E-state index is 13.2. The van der Waals surface area contributed by atoms with Gasteiger partial charge in [0, 0.05) is 44.0 Å². The van der Waals surface area contributed by atoms with E-state index in [4.69, 9.17) is 5.73 Å². The number of piperazine rings is 1. The van der Waals surface area contributed by atoms with Crippen molar-refractivity contribution in [3.05, 3.63) is 29.3 Å². The average Bonchev–Trinajstić information content (AvgIpc) is 2.43. The van der Waals surface area contributed by atoms with E-state index in [1.54, 1.807) is 0 Å². The Morgan fingerprint density at radius 1 is 1.33 bits per heavy atom. The summed E-state index contributed by atoms with van der Waals surface area (Å²) in [6, 6.07) is 1.83. The maximum Gasteiger partial charge on any atom is 0.253 e. The first-order valence-corrected chi connectivity index (χ1v) is 6.80. The summed E-state index contributed by atoms with van der Waals surface area (Å²) in [7, 11) is 4.02. The summed E-state index contributed by atoms with van der Waals surface area (Å²) in [6.45, 7) is 3.17. The molecule has 1 aromatic carbocycles. The molecule has 7 heteroatoms. The molecule has 1 aliphatic rings. The number of nitrogens with one attached hydrogen (secondary N) is 1. The van der Waals surface area contributed by atoms with Crippen molar-refractivity contribution in [2.24, 2.45) is 0 Å². The van der Waals surface area contributed by atoms with Crippen LogP contribution in [0.25, 0.3) is 0 Å². The Kier molecular flexibility index (Phi) is 4.74. The number of carbonyl (C=O) groups excluding carboxylic acids is 1. The lowest BCUT2D eigenvalue weighted by atomic mass is 10.1. The number of hydrogen-bond acceptors (Lipinski definition) is 4. The summed E-state index contributed by atoms with van der Waals surface area (Å²) in [5.74, 6) is -2.63. The van der Waals surface area contributed by atoms with Crippen LogP contribution in [0.5, 0.6) is 0 Å². The lowest BCUT2D eigenvalue weighted by molar-refractivity contribution is 0.0881. The van der Waals surface area contributed by atoms with Crippen molar-refractivity contribution in [1.29, 1.82) is 0 Å². The van der Waals surface area contributed by atoms with Gasteiger partial charge in [0.15, 0.2) is 11.6 Å². The van der Waals surface area contributed by atoms with E-state index in [0.717, 1.165) is 31.8 Å². The van der Waals surface area contributed by atoms with Gasteiger partial charge < -0.3 is 16.0 Å². The predicted octanol–water partition coefficient (Wildman–Crippen LogP) is 0.523. The average molecular weight is 298 g/mol. The fourth-order valence-corrected chi connectivity index (χ4v) is 2.39. The van der Waals surface area contributed by atoms with Crippen molar-refractivity contribution in [3.8, 4) is 0 Å². The van der Waals surface area contributed by atoms with Gasteiger partial charge in [-0.25, -0.2) is 8.78 Å². The number of nitrogens with zero attached hydrogens (tertiary/aromatic N) is 2. The highest BCUT2D eigenvalue weighted by atomic mass is 19.2. The molecule has 116 valence electrons. The van der Waals surface area contributed by atoms with Crippen LogP contribution in [0.15, 0.2) is 12.1 Å². The van der Waals surface area contributed by atoms with Gasteiger partial charge in [0.05, 0.1) is 5.56 Å². The molecule has 1 unspecified atom stereocenters. The Balaban J connectivity index is 2.00. The third kappa shape index (κ3) is 3.68. The van der Waals surface area contributed by atoms with E-state index < -0.39 is 17.5 Å². The van der Waals surface area contributed by atoms with Crippen molar-refractivity contribution in [3.63, 3.8) is 0 Å². The third-order valence-corrected chi connectivity index (χ3v) is 3.82. The molecule has 0 bridgehead atoms. The zero-order valence-corrected chi connectivity index (χ0v) is 12.2. The van der Waals surface area contributed by atoms with Crippen LogP contribution in [0.2, 0.25) is 0 Å². The fraction of sp³-hybridized carbons (Fsp3) is 0.500. The molecule has 1 atom stereocenters. The quantitative estimate of drug-likeness (QED) is 0.799. The molecular weight excluding hydrogens is 278 g/mol. The molecule has 1 aromatic rings. The topological polar surface area (TPSA) is 61.6 Å². The number of nitrogen functional groups attached to an aromatic ring is 1. The monoisotopic (exact) mass is 298 g/mol. The van der Waals surface area contributed by atoms with Crippen LogP contribution < -0.4 is 11.1 Å². The number of anilines is 1. The normalized spacial score (nSPS) is 20.5. The maximum atomic E-state index is 13.2. The molecule has 0 radical (unpaired) electrons. The van der Waals surface area contributed by atoms with Gasteiger partial charge in [0.1, 0.15) is 0 Å². The minimum Gasteiger partial charge on any atom is -0.398 e. The summed E-state index contributed by atoms with van der Waals surface area (Å²) >= 11 is 0. The molecule has 21 heavy (non-hydrogen) atoms. The minimum absolute atomic E-state index is 0.0410. The molecule has 1 amide bonds. The number of nitrogens with two attached hydrogens (primary N) is 1. The second kappa shape index (κ2) is 6.36. The Labute approximate surface area is 122 Å². The fourth-order valence-electron chi connectivity index (χ4n) is 2.39. The highest BCUT2D eigenvalue weighted by Gasteiger charge is 2.23. The number of rotatable bonds is 3. The largest absolute Gasteiger partial charge is 0.398 e. The molecule has 1 fully saturated rings. The first-order chi connectivity index (χ1) is 9.88. The number of benzene rings is 1. The van der Waals surface area contributed by atoms with Gasteiger partial charge in [-0.3, -0.25) is 9.69 Å². The van der Waals surface area contributed by atoms with E-state index in [1.165, 1.54) is 0 Å². The van der Waals surface area contributed by atoms with Crippen molar-refractivity contribution in [2.45, 2.75) is 6.04 Å². The minimum atomic E-state index is -1.08. The molecule has 0 aromatic heterocycles. The van der Waals surface area contributed by atoms with E-state index in [0.29, 0.717) is 6.54 Å². The van der Waals surface area contributed by atoms with Gasteiger partial charge in [-0.2, -0.15) is 0 Å². The molecular formula is C14H20F2N4O. The number of amides is 1. The van der Waals surface area contributed by atoms with E-state index in [2.05, 4.69) is 15.1 Å². The molecule has 1 aliphatic heterocycles. The summed E-state index contributed by atoms with van der Waals surface area (Å²) in [6.07, 6.45) is 0. The Morgan fingerprint density at radius 2 is 2.00 bits per heavy atom. The van der Waals surface area contributed by atoms with Gasteiger partial charge in [0.2, 0.25) is 0 Å². The van der Waals surface area contributed by atoms with E-state index in [-0.39, 0.29) is 17.3 Å². The van der Waals surface area contributed by atoms with Crippen molar-refractivity contribution in [2.75, 3.05) is 46.0 Å². The van der Waals surface area contributed by atoms with Gasteiger partial charge in [-0.15, -0.1) is 0 Å². The van der Waals surface area contributed by atoms with Crippen LogP contribution in [0.4, 0.5) is 14.5 Å². The molecule has 3 N–H and O–H groups in total. The molecule has 1 heterocycles. The zero-order chi connectivity index (χ0) is 15.6. The highest BCUT2D eigenvalue weighted by Crippen LogP contribution is 2.17. The van der Waals surface area contributed by atoms with Crippen molar-refractivity contribution in [1.82, 2.24) is 15.1 Å². The van der Waals surface area contributed by atoms with Gasteiger partial charge in [0.25, 0.3) is 5.91 Å². The van der Waals surface area contributed by atoms with Crippen LogP contribution >= 0.6 is 0 Å². The van der Waals surface area contributed by atoms with Gasteiger partial charge in [-0.05, 0) is 20.2 Å². The summed E-state index contributed by atoms with van der Waals surface area (Å²) in [4.78, 5) is 16.4. The summed E-state index contributed by atoms with van der Waals surface area (Å²) in [5.41, 5.74) is 5.45. The SMILES string of the molecule is CN1CCN(C)C(CNC(=O)c2cc(F)c(F)cc2N)C1. The predicted molar refractivity (Wildman–Crippen MR) is 77.0 cm³/mol. The lowest BCUT2D eigenvalue weighted by Gasteiger charge is -2.37. The second-order valence-electron chi connectivity index (χ2n) is 5.46. The Bertz CT molecular complexity index is 538. The van der Waals surface area contributed by atoms with Crippen LogP contribution in [-0.4, -0.2) is 62.0 Å². The number of halogens is 2. The van der Waals surface area contributed by atoms with E-state index in [1.807, 2.05) is 14.1 Å². The van der Waals surface area contributed by atoms with Crippen LogP contribution in [0.3, 0.4) is 0 Å².